The van der Waals surface area contributed by atoms with Crippen molar-refractivity contribution >= 4 is 15.8 Å². The highest BCUT2D eigenvalue weighted by Crippen LogP contribution is 2.18. The number of aromatic nitrogens is 1. The van der Waals surface area contributed by atoms with Gasteiger partial charge in [0.05, 0.1) is 0 Å². The first-order chi connectivity index (χ1) is 7.93. The predicted octanol–water partition coefficient (Wildman–Crippen LogP) is 1.54. The minimum Gasteiger partial charge on any atom is -0.373 e. The van der Waals surface area contributed by atoms with Gasteiger partial charge in [0.1, 0.15) is 10.7 Å². The molecule has 0 atom stereocenters. The summed E-state index contributed by atoms with van der Waals surface area (Å²) < 4.78 is 26.0. The van der Waals surface area contributed by atoms with E-state index in [-0.39, 0.29) is 10.9 Å². The quantitative estimate of drug-likeness (QED) is 0.869. The van der Waals surface area contributed by atoms with Crippen molar-refractivity contribution in [3.8, 4) is 0 Å². The van der Waals surface area contributed by atoms with Crippen molar-refractivity contribution in [1.29, 1.82) is 0 Å². The number of hydrogen-bond donors (Lipinski definition) is 1. The van der Waals surface area contributed by atoms with E-state index >= 15 is 0 Å². The summed E-state index contributed by atoms with van der Waals surface area (Å²) in [5.41, 5.74) is 0. The molecule has 0 saturated heterocycles. The van der Waals surface area contributed by atoms with Crippen LogP contribution in [0.2, 0.25) is 0 Å². The number of rotatable bonds is 5. The molecule has 0 bridgehead atoms. The molecule has 5 nitrogen and oxygen atoms in total. The van der Waals surface area contributed by atoms with Gasteiger partial charge in [-0.1, -0.05) is 6.92 Å². The van der Waals surface area contributed by atoms with Crippen LogP contribution in [0.15, 0.2) is 23.2 Å². The molecule has 0 saturated carbocycles. The Kier molecular flexibility index (Phi) is 4.47. The molecule has 0 amide bonds. The summed E-state index contributed by atoms with van der Waals surface area (Å²) in [6, 6.07) is 3.16. The molecule has 0 spiro atoms. The number of pyridine rings is 1. The topological polar surface area (TPSA) is 62.3 Å². The van der Waals surface area contributed by atoms with Crippen LogP contribution in [0.1, 0.15) is 20.8 Å². The van der Waals surface area contributed by atoms with Gasteiger partial charge in [-0.2, -0.15) is 4.31 Å². The zero-order valence-electron chi connectivity index (χ0n) is 10.6. The highest BCUT2D eigenvalue weighted by Gasteiger charge is 2.25. The molecule has 1 N–H and O–H groups in total. The molecule has 6 heteroatoms. The van der Waals surface area contributed by atoms with E-state index in [1.165, 1.54) is 10.5 Å². The number of hydrogen-bond acceptors (Lipinski definition) is 4. The molecule has 17 heavy (non-hydrogen) atoms. The van der Waals surface area contributed by atoms with Gasteiger partial charge >= 0.3 is 0 Å². The molecule has 96 valence electrons. The molecule has 1 rings (SSSR count). The van der Waals surface area contributed by atoms with Crippen LogP contribution in [-0.4, -0.2) is 37.3 Å². The van der Waals surface area contributed by atoms with E-state index in [9.17, 15) is 8.42 Å². The van der Waals surface area contributed by atoms with Gasteiger partial charge in [-0.05, 0) is 26.0 Å². The van der Waals surface area contributed by atoms with Crippen molar-refractivity contribution < 1.29 is 8.42 Å². The third-order valence-electron chi connectivity index (χ3n) is 2.49. The van der Waals surface area contributed by atoms with Gasteiger partial charge in [0.2, 0.25) is 10.0 Å². The summed E-state index contributed by atoms with van der Waals surface area (Å²) >= 11 is 0. The highest BCUT2D eigenvalue weighted by molar-refractivity contribution is 7.89. The summed E-state index contributed by atoms with van der Waals surface area (Å²) in [4.78, 5) is 4.25. The van der Waals surface area contributed by atoms with E-state index in [2.05, 4.69) is 10.3 Å². The second-order valence-electron chi connectivity index (χ2n) is 3.93. The fraction of sp³-hybridized carbons (Fsp3) is 0.545. The zero-order chi connectivity index (χ0) is 13.1. The summed E-state index contributed by atoms with van der Waals surface area (Å²) in [7, 11) is -1.69. The van der Waals surface area contributed by atoms with E-state index < -0.39 is 10.0 Å². The third kappa shape index (κ3) is 2.95. The first-order valence-corrected chi connectivity index (χ1v) is 7.03. The Hall–Kier alpha value is -1.14. The molecular weight excluding hydrogens is 238 g/mol. The van der Waals surface area contributed by atoms with Gasteiger partial charge in [-0.25, -0.2) is 13.4 Å². The lowest BCUT2D eigenvalue weighted by atomic mass is 10.4. The molecule has 0 aliphatic heterocycles. The first kappa shape index (κ1) is 13.9. The summed E-state index contributed by atoms with van der Waals surface area (Å²) in [6.07, 6.45) is 1.38. The number of nitrogens with zero attached hydrogens (tertiary/aromatic N) is 2. The SMILES string of the molecule is CCN(C(C)C)S(=O)(=O)c1ccc(NC)nc1. The summed E-state index contributed by atoms with van der Waals surface area (Å²) in [5.74, 6) is 0.650. The van der Waals surface area contributed by atoms with Crippen LogP contribution >= 0.6 is 0 Å². The van der Waals surface area contributed by atoms with Gasteiger partial charge in [-0.15, -0.1) is 0 Å². The Balaban J connectivity index is 3.11. The molecule has 0 unspecified atom stereocenters. The molecule has 1 aromatic heterocycles. The average Bonchev–Trinajstić information content (AvgIpc) is 2.29. The van der Waals surface area contributed by atoms with Gasteiger partial charge in [0.25, 0.3) is 0 Å². The Bertz CT molecular complexity index is 454. The molecule has 0 aliphatic carbocycles. The third-order valence-corrected chi connectivity index (χ3v) is 4.62. The molecule has 1 aromatic rings. The lowest BCUT2D eigenvalue weighted by Gasteiger charge is -2.24. The maximum Gasteiger partial charge on any atom is 0.244 e. The van der Waals surface area contributed by atoms with E-state index in [0.717, 1.165) is 0 Å². The van der Waals surface area contributed by atoms with Crippen LogP contribution in [0.5, 0.6) is 0 Å². The molecule has 0 radical (unpaired) electrons. The Labute approximate surface area is 103 Å². The van der Waals surface area contributed by atoms with E-state index in [1.807, 2.05) is 20.8 Å². The molecule has 0 aromatic carbocycles. The van der Waals surface area contributed by atoms with Crippen LogP contribution in [0.3, 0.4) is 0 Å². The van der Waals surface area contributed by atoms with E-state index in [4.69, 9.17) is 0 Å². The van der Waals surface area contributed by atoms with Crippen molar-refractivity contribution in [2.24, 2.45) is 0 Å². The van der Waals surface area contributed by atoms with Crippen LogP contribution in [-0.2, 0) is 10.0 Å². The molecule has 0 fully saturated rings. The van der Waals surface area contributed by atoms with Gasteiger partial charge in [0.15, 0.2) is 0 Å². The van der Waals surface area contributed by atoms with Gasteiger partial charge in [0, 0.05) is 25.8 Å². The number of sulfonamides is 1. The average molecular weight is 257 g/mol. The molecule has 1 heterocycles. The van der Waals surface area contributed by atoms with Crippen molar-refractivity contribution in [3.63, 3.8) is 0 Å². The standard InChI is InChI=1S/C11H19N3O2S/c1-5-14(9(2)3)17(15,16)10-6-7-11(12-4)13-8-10/h6-9H,5H2,1-4H3,(H,12,13). The van der Waals surface area contributed by atoms with Crippen molar-refractivity contribution in [2.75, 3.05) is 18.9 Å². The van der Waals surface area contributed by atoms with Crippen molar-refractivity contribution in [3.05, 3.63) is 18.3 Å². The number of anilines is 1. The fourth-order valence-electron chi connectivity index (χ4n) is 1.63. The minimum atomic E-state index is -3.43. The molecule has 0 aliphatic rings. The Morgan fingerprint density at radius 1 is 1.41 bits per heavy atom. The normalized spacial score (nSPS) is 12.1. The maximum absolute atomic E-state index is 12.3. The van der Waals surface area contributed by atoms with Gasteiger partial charge in [-0.3, -0.25) is 0 Å². The second kappa shape index (κ2) is 5.46. The Morgan fingerprint density at radius 3 is 2.41 bits per heavy atom. The smallest absolute Gasteiger partial charge is 0.244 e. The van der Waals surface area contributed by atoms with Gasteiger partial charge < -0.3 is 5.32 Å². The van der Waals surface area contributed by atoms with Crippen molar-refractivity contribution in [2.45, 2.75) is 31.7 Å². The largest absolute Gasteiger partial charge is 0.373 e. The van der Waals surface area contributed by atoms with E-state index in [0.29, 0.717) is 12.4 Å². The lowest BCUT2D eigenvalue weighted by molar-refractivity contribution is 0.369. The lowest BCUT2D eigenvalue weighted by Crippen LogP contribution is -2.36. The Morgan fingerprint density at radius 2 is 2.06 bits per heavy atom. The fourth-order valence-corrected chi connectivity index (χ4v) is 3.22. The monoisotopic (exact) mass is 257 g/mol. The van der Waals surface area contributed by atoms with Crippen molar-refractivity contribution in [1.82, 2.24) is 9.29 Å². The highest BCUT2D eigenvalue weighted by atomic mass is 32.2. The first-order valence-electron chi connectivity index (χ1n) is 5.59. The van der Waals surface area contributed by atoms with Crippen LogP contribution in [0.25, 0.3) is 0 Å². The van der Waals surface area contributed by atoms with Crippen LogP contribution in [0, 0.1) is 0 Å². The predicted molar refractivity (Wildman–Crippen MR) is 68.5 cm³/mol. The minimum absolute atomic E-state index is 0.0611. The van der Waals surface area contributed by atoms with E-state index in [1.54, 1.807) is 19.2 Å². The summed E-state index contributed by atoms with van der Waals surface area (Å²) in [5, 5.41) is 2.85. The molecular formula is C11H19N3O2S. The summed E-state index contributed by atoms with van der Waals surface area (Å²) in [6.45, 7) is 5.99. The second-order valence-corrected chi connectivity index (χ2v) is 5.82. The number of nitrogens with one attached hydrogen (secondary N) is 1. The van der Waals surface area contributed by atoms with Crippen LogP contribution < -0.4 is 5.32 Å². The maximum atomic E-state index is 12.3. The zero-order valence-corrected chi connectivity index (χ0v) is 11.5. The van der Waals surface area contributed by atoms with Crippen LogP contribution in [0.4, 0.5) is 5.82 Å².